The predicted octanol–water partition coefficient (Wildman–Crippen LogP) is 4.48. The first-order valence-corrected chi connectivity index (χ1v) is 9.32. The second-order valence-electron chi connectivity index (χ2n) is 4.92. The van der Waals surface area contributed by atoms with Gasteiger partial charge >= 0.3 is 0 Å². The van der Waals surface area contributed by atoms with Crippen molar-refractivity contribution in [2.75, 3.05) is 6.26 Å². The zero-order valence-corrected chi connectivity index (χ0v) is 16.7. The van der Waals surface area contributed by atoms with Gasteiger partial charge in [0.1, 0.15) is 5.82 Å². The Morgan fingerprint density at radius 3 is 2.36 bits per heavy atom. The number of rotatable bonds is 3. The first-order valence-electron chi connectivity index (χ1n) is 8.43. The summed E-state index contributed by atoms with van der Waals surface area (Å²) in [5.74, 6) is 0.786. The summed E-state index contributed by atoms with van der Waals surface area (Å²) in [6.45, 7) is 10.0. The second kappa shape index (κ2) is 10.6. The molecule has 3 aromatic rings. The van der Waals surface area contributed by atoms with Crippen LogP contribution in [0.25, 0.3) is 16.8 Å². The molecule has 0 fully saturated rings. The van der Waals surface area contributed by atoms with E-state index < -0.39 is 0 Å². The van der Waals surface area contributed by atoms with Crippen molar-refractivity contribution in [1.29, 1.82) is 0 Å². The summed E-state index contributed by atoms with van der Waals surface area (Å²) in [6, 6.07) is 3.89. The smallest absolute Gasteiger partial charge is 0.125 e. The van der Waals surface area contributed by atoms with Gasteiger partial charge in [-0.3, -0.25) is 4.98 Å². The van der Waals surface area contributed by atoms with Crippen LogP contribution in [0.1, 0.15) is 38.0 Å². The lowest BCUT2D eigenvalue weighted by atomic mass is 10.1. The van der Waals surface area contributed by atoms with Crippen molar-refractivity contribution in [3.05, 3.63) is 54.1 Å². The Morgan fingerprint density at radius 2 is 1.80 bits per heavy atom. The predicted molar refractivity (Wildman–Crippen MR) is 107 cm³/mol. The molecule has 5 nitrogen and oxygen atoms in total. The number of aryl methyl sites for hydroxylation is 3. The van der Waals surface area contributed by atoms with Crippen LogP contribution in [-0.2, 0) is 6.42 Å². The molecule has 0 atom stereocenters. The Labute approximate surface area is 156 Å². The molecule has 0 saturated heterocycles. The Hall–Kier alpha value is -2.21. The lowest BCUT2D eigenvalue weighted by molar-refractivity contribution is 0.837. The maximum Gasteiger partial charge on any atom is 0.125 e. The molecule has 0 aliphatic heterocycles. The van der Waals surface area contributed by atoms with E-state index in [2.05, 4.69) is 39.6 Å². The van der Waals surface area contributed by atoms with E-state index in [1.165, 1.54) is 0 Å². The van der Waals surface area contributed by atoms with E-state index >= 15 is 0 Å². The van der Waals surface area contributed by atoms with Gasteiger partial charge in [-0.15, -0.1) is 0 Å². The van der Waals surface area contributed by atoms with Crippen LogP contribution in [0.4, 0.5) is 0 Å². The average Bonchev–Trinajstić information content (AvgIpc) is 3.10. The number of pyridine rings is 1. The van der Waals surface area contributed by atoms with Gasteiger partial charge in [0.05, 0.1) is 17.6 Å². The molecule has 0 amide bonds. The third kappa shape index (κ3) is 5.13. The zero-order valence-electron chi connectivity index (χ0n) is 15.9. The summed E-state index contributed by atoms with van der Waals surface area (Å²) < 4.78 is 1.86. The molecule has 134 valence electrons. The molecule has 0 aliphatic carbocycles. The molecule has 3 aromatic heterocycles. The van der Waals surface area contributed by atoms with Gasteiger partial charge < -0.3 is 0 Å². The molecule has 0 radical (unpaired) electrons. The molecule has 3 heterocycles. The van der Waals surface area contributed by atoms with Gasteiger partial charge in [-0.05, 0) is 38.7 Å². The SMILES string of the molecule is CC.CCc1nn(-c2cccnc2)cc1-c1cnc(C)nc1C.CS. The fourth-order valence-electron chi connectivity index (χ4n) is 2.36. The van der Waals surface area contributed by atoms with Gasteiger partial charge in [-0.25, -0.2) is 14.6 Å². The van der Waals surface area contributed by atoms with Crippen molar-refractivity contribution in [3.63, 3.8) is 0 Å². The summed E-state index contributed by atoms with van der Waals surface area (Å²) >= 11 is 3.53. The quantitative estimate of drug-likeness (QED) is 0.702. The summed E-state index contributed by atoms with van der Waals surface area (Å²) in [4.78, 5) is 12.9. The highest BCUT2D eigenvalue weighted by molar-refractivity contribution is 7.79. The highest BCUT2D eigenvalue weighted by Crippen LogP contribution is 2.26. The fourth-order valence-corrected chi connectivity index (χ4v) is 2.36. The van der Waals surface area contributed by atoms with Crippen LogP contribution < -0.4 is 0 Å². The number of hydrogen-bond donors (Lipinski definition) is 1. The monoisotopic (exact) mass is 357 g/mol. The maximum absolute atomic E-state index is 4.66. The van der Waals surface area contributed by atoms with Crippen molar-refractivity contribution in [3.8, 4) is 16.8 Å². The van der Waals surface area contributed by atoms with Crippen molar-refractivity contribution in [1.82, 2.24) is 24.7 Å². The van der Waals surface area contributed by atoms with Crippen LogP contribution in [0.15, 0.2) is 36.9 Å². The fraction of sp³-hybridized carbons (Fsp3) is 0.368. The second-order valence-corrected chi connectivity index (χ2v) is 4.92. The van der Waals surface area contributed by atoms with E-state index in [4.69, 9.17) is 0 Å². The standard InChI is InChI=1S/C16H17N5.C2H6.CH4S/c1-4-16-15(14-9-18-12(3)19-11(14)2)10-21(20-16)13-6-5-7-17-8-13;2*1-2/h5-10H,4H2,1-3H3;1-2H3;2H,1H3. The van der Waals surface area contributed by atoms with Crippen molar-refractivity contribution >= 4 is 12.6 Å². The van der Waals surface area contributed by atoms with Crippen molar-refractivity contribution in [2.45, 2.75) is 41.0 Å². The van der Waals surface area contributed by atoms with Gasteiger partial charge in [0.2, 0.25) is 0 Å². The molecule has 0 spiro atoms. The van der Waals surface area contributed by atoms with E-state index in [0.717, 1.165) is 40.4 Å². The minimum absolute atomic E-state index is 0.786. The summed E-state index contributed by atoms with van der Waals surface area (Å²) in [5, 5.41) is 4.66. The average molecular weight is 358 g/mol. The third-order valence-corrected chi connectivity index (χ3v) is 3.43. The van der Waals surface area contributed by atoms with Gasteiger partial charge in [-0.1, -0.05) is 20.8 Å². The highest BCUT2D eigenvalue weighted by atomic mass is 32.1. The van der Waals surface area contributed by atoms with Crippen LogP contribution in [0.3, 0.4) is 0 Å². The van der Waals surface area contributed by atoms with Crippen molar-refractivity contribution in [2.24, 2.45) is 0 Å². The van der Waals surface area contributed by atoms with E-state index in [1.807, 2.05) is 56.9 Å². The Kier molecular flexibility index (Phi) is 8.84. The first kappa shape index (κ1) is 20.8. The highest BCUT2D eigenvalue weighted by Gasteiger charge is 2.13. The van der Waals surface area contributed by atoms with E-state index in [9.17, 15) is 0 Å². The van der Waals surface area contributed by atoms with Crippen molar-refractivity contribution < 1.29 is 0 Å². The van der Waals surface area contributed by atoms with Crippen LogP contribution in [0, 0.1) is 13.8 Å². The molecule has 0 bridgehead atoms. The minimum Gasteiger partial charge on any atom is -0.262 e. The van der Waals surface area contributed by atoms with Gasteiger partial charge in [0.15, 0.2) is 0 Å². The van der Waals surface area contributed by atoms with Gasteiger partial charge in [-0.2, -0.15) is 17.7 Å². The van der Waals surface area contributed by atoms with Crippen LogP contribution in [0.5, 0.6) is 0 Å². The molecule has 0 unspecified atom stereocenters. The Bertz CT molecular complexity index is 769. The number of nitrogens with zero attached hydrogens (tertiary/aromatic N) is 5. The third-order valence-electron chi connectivity index (χ3n) is 3.43. The Morgan fingerprint density at radius 1 is 1.08 bits per heavy atom. The lowest BCUT2D eigenvalue weighted by Gasteiger charge is -2.04. The molecule has 0 N–H and O–H groups in total. The largest absolute Gasteiger partial charge is 0.262 e. The molecule has 6 heteroatoms. The molecule has 0 aromatic carbocycles. The molecule has 3 rings (SSSR count). The van der Waals surface area contributed by atoms with Crippen LogP contribution in [-0.4, -0.2) is 31.0 Å². The molecule has 0 saturated carbocycles. The molecule has 0 aliphatic rings. The first-order chi connectivity index (χ1) is 12.2. The summed E-state index contributed by atoms with van der Waals surface area (Å²) in [6.07, 6.45) is 10.0. The minimum atomic E-state index is 0.786. The molecular weight excluding hydrogens is 330 g/mol. The number of hydrogen-bond acceptors (Lipinski definition) is 5. The lowest BCUT2D eigenvalue weighted by Crippen LogP contribution is -1.95. The summed E-state index contributed by atoms with van der Waals surface area (Å²) in [5.41, 5.74) is 5.08. The van der Waals surface area contributed by atoms with E-state index in [0.29, 0.717) is 0 Å². The number of thiol groups is 1. The molecule has 25 heavy (non-hydrogen) atoms. The summed E-state index contributed by atoms with van der Waals surface area (Å²) in [7, 11) is 0. The maximum atomic E-state index is 4.66. The van der Waals surface area contributed by atoms with E-state index in [-0.39, 0.29) is 0 Å². The van der Waals surface area contributed by atoms with Crippen LogP contribution >= 0.6 is 12.6 Å². The normalized spacial score (nSPS) is 9.56. The number of aromatic nitrogens is 5. The zero-order chi connectivity index (χ0) is 18.8. The Balaban J connectivity index is 0.000000730. The van der Waals surface area contributed by atoms with Gasteiger partial charge in [0.25, 0.3) is 0 Å². The van der Waals surface area contributed by atoms with E-state index in [1.54, 1.807) is 18.6 Å². The van der Waals surface area contributed by atoms with Gasteiger partial charge in [0, 0.05) is 35.4 Å². The van der Waals surface area contributed by atoms with Crippen LogP contribution in [0.2, 0.25) is 0 Å². The topological polar surface area (TPSA) is 56.5 Å². The molecular formula is C19H27N5S.